The van der Waals surface area contributed by atoms with Crippen molar-refractivity contribution in [1.29, 1.82) is 0 Å². The summed E-state index contributed by atoms with van der Waals surface area (Å²) in [5, 5.41) is 9.43. The van der Waals surface area contributed by atoms with Gasteiger partial charge in [-0.3, -0.25) is 0 Å². The molecule has 3 nitrogen and oxygen atoms in total. The zero-order valence-corrected chi connectivity index (χ0v) is 8.32. The van der Waals surface area contributed by atoms with Crippen LogP contribution in [-0.4, -0.2) is 48.4 Å². The minimum absolute atomic E-state index is 0. The average Bonchev–Trinajstić information content (AvgIpc) is 1.86. The van der Waals surface area contributed by atoms with Crippen LogP contribution in [0.2, 0.25) is 0 Å². The summed E-state index contributed by atoms with van der Waals surface area (Å²) in [6.07, 6.45) is 4.44. The van der Waals surface area contributed by atoms with E-state index >= 15 is 0 Å². The summed E-state index contributed by atoms with van der Waals surface area (Å²) in [4.78, 5) is 0. The Bertz CT molecular complexity index is 131. The topological polar surface area (TPSA) is 50.2 Å². The maximum Gasteiger partial charge on any atom is 0.0909 e. The highest BCUT2D eigenvalue weighted by atomic mass is 16.3. The van der Waals surface area contributed by atoms with Crippen molar-refractivity contribution < 1.29 is 15.1 Å². The van der Waals surface area contributed by atoms with Gasteiger partial charge in [0.1, 0.15) is 0 Å². The molecule has 0 bridgehead atoms. The molecule has 74 valence electrons. The third-order valence-electron chi connectivity index (χ3n) is 2.71. The number of hydrogen-bond donors (Lipinski definition) is 1. The van der Waals surface area contributed by atoms with E-state index in [1.54, 1.807) is 0 Å². The van der Waals surface area contributed by atoms with Crippen molar-refractivity contribution in [2.24, 2.45) is 0 Å². The Labute approximate surface area is 74.9 Å². The first-order valence-electron chi connectivity index (χ1n) is 4.49. The van der Waals surface area contributed by atoms with Gasteiger partial charge in [-0.05, 0) is 19.3 Å². The second-order valence-electron chi connectivity index (χ2n) is 4.59. The third kappa shape index (κ3) is 3.09. The predicted molar refractivity (Wildman–Crippen MR) is 48.2 cm³/mol. The number of nitrogens with zero attached hydrogens (tertiary/aromatic N) is 1. The van der Waals surface area contributed by atoms with Gasteiger partial charge in [-0.25, -0.2) is 0 Å². The van der Waals surface area contributed by atoms with Crippen molar-refractivity contribution in [2.75, 3.05) is 21.1 Å². The minimum atomic E-state index is -0.0360. The van der Waals surface area contributed by atoms with E-state index in [0.29, 0.717) is 6.04 Å². The number of aliphatic hydroxyl groups excluding tert-OH is 1. The van der Waals surface area contributed by atoms with Crippen LogP contribution in [0.25, 0.3) is 0 Å². The normalized spacial score (nSPS) is 31.0. The van der Waals surface area contributed by atoms with Gasteiger partial charge in [0.15, 0.2) is 0 Å². The maximum absolute atomic E-state index is 9.43. The molecule has 0 radical (unpaired) electrons. The van der Waals surface area contributed by atoms with Gasteiger partial charge in [-0.1, -0.05) is 0 Å². The van der Waals surface area contributed by atoms with Gasteiger partial charge in [0.2, 0.25) is 0 Å². The zero-order chi connectivity index (χ0) is 8.48. The summed E-state index contributed by atoms with van der Waals surface area (Å²) < 4.78 is 0.997. The molecule has 0 saturated heterocycles. The molecular weight excluding hydrogens is 154 g/mol. The van der Waals surface area contributed by atoms with Crippen molar-refractivity contribution in [3.05, 3.63) is 0 Å². The first-order valence-corrected chi connectivity index (χ1v) is 4.49. The number of quaternary nitrogens is 1. The van der Waals surface area contributed by atoms with Gasteiger partial charge in [0.25, 0.3) is 0 Å². The molecule has 0 aromatic rings. The maximum atomic E-state index is 9.43. The van der Waals surface area contributed by atoms with Crippen molar-refractivity contribution in [2.45, 2.75) is 37.8 Å². The van der Waals surface area contributed by atoms with Crippen molar-refractivity contribution in [3.63, 3.8) is 0 Å². The fourth-order valence-corrected chi connectivity index (χ4v) is 1.84. The fourth-order valence-electron chi connectivity index (χ4n) is 1.84. The van der Waals surface area contributed by atoms with Crippen molar-refractivity contribution in [3.8, 4) is 0 Å². The number of aliphatic hydroxyl groups is 1. The smallest absolute Gasteiger partial charge is 0.0909 e. The van der Waals surface area contributed by atoms with Crippen LogP contribution in [0.3, 0.4) is 0 Å². The van der Waals surface area contributed by atoms with Crippen LogP contribution in [0.4, 0.5) is 0 Å². The van der Waals surface area contributed by atoms with Gasteiger partial charge in [-0.15, -0.1) is 0 Å². The number of hydrogen-bond acceptors (Lipinski definition) is 2. The molecular formula is C9H21NO2. The quantitative estimate of drug-likeness (QED) is 0.600. The minimum Gasteiger partial charge on any atom is -0.870 e. The molecule has 0 aromatic heterocycles. The third-order valence-corrected chi connectivity index (χ3v) is 2.71. The molecule has 0 aromatic carbocycles. The summed E-state index contributed by atoms with van der Waals surface area (Å²) in [5.74, 6) is 0. The molecule has 1 rings (SSSR count). The Morgan fingerprint density at radius 3 is 2.08 bits per heavy atom. The van der Waals surface area contributed by atoms with Gasteiger partial charge in [0.05, 0.1) is 33.3 Å². The summed E-state index contributed by atoms with van der Waals surface area (Å²) >= 11 is 0. The highest BCUT2D eigenvalue weighted by Crippen LogP contribution is 2.24. The molecule has 2 N–H and O–H groups in total. The second-order valence-corrected chi connectivity index (χ2v) is 4.59. The van der Waals surface area contributed by atoms with Crippen LogP contribution in [0.15, 0.2) is 0 Å². The first kappa shape index (κ1) is 11.9. The largest absolute Gasteiger partial charge is 0.870 e. The molecule has 0 unspecified atom stereocenters. The van der Waals surface area contributed by atoms with Gasteiger partial charge in [-0.2, -0.15) is 0 Å². The second kappa shape index (κ2) is 4.21. The zero-order valence-electron chi connectivity index (χ0n) is 8.32. The van der Waals surface area contributed by atoms with Crippen LogP contribution in [0.5, 0.6) is 0 Å². The molecule has 1 fully saturated rings. The van der Waals surface area contributed by atoms with E-state index in [4.69, 9.17) is 0 Å². The Balaban J connectivity index is 0.00000121. The molecule has 0 amide bonds. The monoisotopic (exact) mass is 175 g/mol. The number of rotatable bonds is 1. The summed E-state index contributed by atoms with van der Waals surface area (Å²) in [7, 11) is 6.63. The molecule has 1 aliphatic rings. The lowest BCUT2D eigenvalue weighted by Gasteiger charge is -2.38. The van der Waals surface area contributed by atoms with Crippen molar-refractivity contribution >= 4 is 0 Å². The van der Waals surface area contributed by atoms with Crippen LogP contribution in [0, 0.1) is 0 Å². The molecule has 0 heterocycles. The molecule has 0 spiro atoms. The highest BCUT2D eigenvalue weighted by Gasteiger charge is 2.29. The van der Waals surface area contributed by atoms with Crippen LogP contribution >= 0.6 is 0 Å². The molecule has 0 aliphatic heterocycles. The van der Waals surface area contributed by atoms with E-state index in [-0.39, 0.29) is 11.6 Å². The standard InChI is InChI=1S/C9H20NO.H2O/c1-10(2,3)8-5-4-6-9(11)7-8;/h8-9,11H,4-7H2,1-3H3;1H2/q+1;/p-1/t8-,9+;/m1./s1. The van der Waals surface area contributed by atoms with E-state index in [1.807, 2.05) is 0 Å². The van der Waals surface area contributed by atoms with Crippen molar-refractivity contribution in [1.82, 2.24) is 0 Å². The predicted octanol–water partition coefficient (Wildman–Crippen LogP) is 0.819. The molecule has 1 aliphatic carbocycles. The fraction of sp³-hybridized carbons (Fsp3) is 1.00. The molecule has 2 atom stereocenters. The summed E-state index contributed by atoms with van der Waals surface area (Å²) in [6, 6.07) is 0.666. The average molecular weight is 175 g/mol. The lowest BCUT2D eigenvalue weighted by atomic mass is 9.91. The Morgan fingerprint density at radius 1 is 1.17 bits per heavy atom. The summed E-state index contributed by atoms with van der Waals surface area (Å²) in [5.41, 5.74) is 0. The van der Waals surface area contributed by atoms with Crippen LogP contribution < -0.4 is 0 Å². The van der Waals surface area contributed by atoms with Gasteiger partial charge >= 0.3 is 0 Å². The van der Waals surface area contributed by atoms with Gasteiger partial charge in [0, 0.05) is 6.42 Å². The first-order chi connectivity index (χ1) is 5.00. The SMILES string of the molecule is C[N+](C)(C)[C@@H]1CCC[C@H](O)C1.[OH-]. The summed E-state index contributed by atoms with van der Waals surface area (Å²) in [6.45, 7) is 0. The Kier molecular flexibility index (Phi) is 4.17. The Hall–Kier alpha value is -0.120. The van der Waals surface area contributed by atoms with E-state index in [9.17, 15) is 5.11 Å². The molecule has 12 heavy (non-hydrogen) atoms. The lowest BCUT2D eigenvalue weighted by molar-refractivity contribution is -0.897. The lowest BCUT2D eigenvalue weighted by Crippen LogP contribution is -2.48. The van der Waals surface area contributed by atoms with E-state index in [1.165, 1.54) is 12.8 Å². The van der Waals surface area contributed by atoms with E-state index < -0.39 is 0 Å². The van der Waals surface area contributed by atoms with Gasteiger partial charge < -0.3 is 15.1 Å². The molecule has 1 saturated carbocycles. The highest BCUT2D eigenvalue weighted by molar-refractivity contribution is 4.71. The van der Waals surface area contributed by atoms with Crippen LogP contribution in [0.1, 0.15) is 25.7 Å². The van der Waals surface area contributed by atoms with E-state index in [0.717, 1.165) is 17.3 Å². The Morgan fingerprint density at radius 2 is 1.75 bits per heavy atom. The molecule has 3 heteroatoms. The van der Waals surface area contributed by atoms with E-state index in [2.05, 4.69) is 21.1 Å². The van der Waals surface area contributed by atoms with Crippen LogP contribution in [-0.2, 0) is 0 Å².